The van der Waals surface area contributed by atoms with Gasteiger partial charge < -0.3 is 26.4 Å². The summed E-state index contributed by atoms with van der Waals surface area (Å²) in [5.74, 6) is -0.558. The van der Waals surface area contributed by atoms with E-state index in [1.54, 1.807) is 47.4 Å². The van der Waals surface area contributed by atoms with Gasteiger partial charge in [-0.15, -0.1) is 0 Å². The quantitative estimate of drug-likeness (QED) is 0.323. The molecule has 3 aromatic carbocycles. The molecular weight excluding hydrogens is 528 g/mol. The summed E-state index contributed by atoms with van der Waals surface area (Å²) >= 11 is 0. The summed E-state index contributed by atoms with van der Waals surface area (Å²) in [6, 6.07) is 22.8. The number of aryl methyl sites for hydroxylation is 1. The maximum absolute atomic E-state index is 13.3. The number of ether oxygens (including phenoxy) is 1. The highest BCUT2D eigenvalue weighted by Crippen LogP contribution is 2.19. The van der Waals surface area contributed by atoms with E-state index in [2.05, 4.69) is 5.32 Å². The average molecular weight is 565 g/mol. The van der Waals surface area contributed by atoms with Crippen molar-refractivity contribution in [2.75, 3.05) is 26.3 Å². The maximum atomic E-state index is 13.3. The molecular formula is C30H36N4O5S. The molecule has 0 radical (unpaired) electrons. The zero-order valence-corrected chi connectivity index (χ0v) is 23.1. The highest BCUT2D eigenvalue weighted by atomic mass is 32.2. The highest BCUT2D eigenvalue weighted by molar-refractivity contribution is 7.92. The van der Waals surface area contributed by atoms with Crippen molar-refractivity contribution in [2.45, 2.75) is 41.6 Å². The number of benzene rings is 3. The minimum Gasteiger partial charge on any atom is -0.378 e. The molecule has 0 spiro atoms. The van der Waals surface area contributed by atoms with Crippen LogP contribution in [0.2, 0.25) is 0 Å². The molecule has 1 heterocycles. The minimum absolute atomic E-state index is 0.0632. The van der Waals surface area contributed by atoms with Gasteiger partial charge in [0.15, 0.2) is 9.84 Å². The van der Waals surface area contributed by atoms with E-state index < -0.39 is 33.2 Å². The molecule has 212 valence electrons. The van der Waals surface area contributed by atoms with Crippen LogP contribution in [0.25, 0.3) is 0 Å². The van der Waals surface area contributed by atoms with Crippen molar-refractivity contribution in [3.8, 4) is 0 Å². The topological polar surface area (TPSA) is 145 Å². The van der Waals surface area contributed by atoms with E-state index in [-0.39, 0.29) is 17.2 Å². The molecule has 40 heavy (non-hydrogen) atoms. The zero-order chi connectivity index (χ0) is 28.5. The van der Waals surface area contributed by atoms with E-state index in [9.17, 15) is 18.0 Å². The number of carbonyl (C=O) groups excluding carboxylic acids is 2. The van der Waals surface area contributed by atoms with E-state index in [0.717, 1.165) is 11.1 Å². The molecule has 3 atom stereocenters. The van der Waals surface area contributed by atoms with Gasteiger partial charge >= 0.3 is 0 Å². The molecule has 0 bridgehead atoms. The number of sulfone groups is 1. The first kappa shape index (κ1) is 29.4. The lowest BCUT2D eigenvalue weighted by atomic mass is 10.0. The molecule has 4 rings (SSSR count). The third kappa shape index (κ3) is 7.54. The number of hydrogen-bond donors (Lipinski definition) is 3. The van der Waals surface area contributed by atoms with Crippen molar-refractivity contribution >= 4 is 21.7 Å². The van der Waals surface area contributed by atoms with Crippen LogP contribution in [0.3, 0.4) is 0 Å². The Morgan fingerprint density at radius 1 is 0.850 bits per heavy atom. The van der Waals surface area contributed by atoms with E-state index in [1.165, 1.54) is 12.1 Å². The van der Waals surface area contributed by atoms with Gasteiger partial charge in [0.2, 0.25) is 5.91 Å². The molecule has 0 aliphatic carbocycles. The van der Waals surface area contributed by atoms with Crippen molar-refractivity contribution in [3.63, 3.8) is 0 Å². The number of rotatable bonds is 11. The number of amides is 2. The second-order valence-corrected chi connectivity index (χ2v) is 12.0. The molecule has 9 nitrogen and oxygen atoms in total. The molecule has 0 saturated carbocycles. The van der Waals surface area contributed by atoms with Gasteiger partial charge in [-0.1, -0.05) is 60.7 Å². The van der Waals surface area contributed by atoms with Gasteiger partial charge in [-0.2, -0.15) is 0 Å². The highest BCUT2D eigenvalue weighted by Gasteiger charge is 2.33. The van der Waals surface area contributed by atoms with Crippen molar-refractivity contribution in [1.29, 1.82) is 0 Å². The number of nitrogens with zero attached hydrogens (tertiary/aromatic N) is 1. The number of carbonyl (C=O) groups is 2. The Morgan fingerprint density at radius 3 is 2.08 bits per heavy atom. The Hall–Kier alpha value is -3.57. The number of nitrogens with two attached hydrogens (primary N) is 2. The van der Waals surface area contributed by atoms with Gasteiger partial charge in [0.1, 0.15) is 5.37 Å². The monoisotopic (exact) mass is 564 g/mol. The van der Waals surface area contributed by atoms with Crippen LogP contribution in [0.4, 0.5) is 0 Å². The van der Waals surface area contributed by atoms with Crippen LogP contribution < -0.4 is 16.8 Å². The first-order chi connectivity index (χ1) is 19.3. The van der Waals surface area contributed by atoms with Gasteiger partial charge in [0, 0.05) is 18.7 Å². The molecule has 3 aromatic rings. The zero-order valence-electron chi connectivity index (χ0n) is 22.3. The molecule has 1 aliphatic rings. The lowest BCUT2D eigenvalue weighted by Gasteiger charge is -2.27. The Kier molecular flexibility index (Phi) is 10.1. The van der Waals surface area contributed by atoms with Crippen LogP contribution in [-0.2, 0) is 32.2 Å². The first-order valence-corrected chi connectivity index (χ1v) is 14.9. The summed E-state index contributed by atoms with van der Waals surface area (Å²) in [7, 11) is -3.92. The van der Waals surface area contributed by atoms with Gasteiger partial charge in [0.05, 0.1) is 30.2 Å². The molecule has 1 fully saturated rings. The Bertz CT molecular complexity index is 1360. The standard InChI is InChI=1S/C30H36N4O5S/c31-26(21-23-11-14-24(15-12-23)30(36)34-17-19-39-20-18-34)29(35)33-27(16-13-22-7-3-1-4-8-22)28(32)40(37,38)25-9-5-2-6-10-25/h1-12,14-15,26-28H,13,16-21,31-32H2,(H,33,35)/t26-,27?,28?/m0/s1. The number of morpholine rings is 1. The third-order valence-corrected chi connectivity index (χ3v) is 9.01. The smallest absolute Gasteiger partial charge is 0.254 e. The largest absolute Gasteiger partial charge is 0.378 e. The SMILES string of the molecule is NC(C(CCc1ccccc1)NC(=O)[C@@H](N)Cc1ccc(C(=O)N2CCOCC2)cc1)S(=O)(=O)c1ccccc1. The first-order valence-electron chi connectivity index (χ1n) is 13.4. The Labute approximate surface area is 235 Å². The molecule has 10 heteroatoms. The summed E-state index contributed by atoms with van der Waals surface area (Å²) in [5.41, 5.74) is 14.9. The van der Waals surface area contributed by atoms with Crippen molar-refractivity contribution in [2.24, 2.45) is 11.5 Å². The van der Waals surface area contributed by atoms with E-state index in [4.69, 9.17) is 16.2 Å². The Morgan fingerprint density at radius 2 is 1.45 bits per heavy atom. The molecule has 0 aromatic heterocycles. The predicted octanol–water partition coefficient (Wildman–Crippen LogP) is 1.91. The van der Waals surface area contributed by atoms with Crippen LogP contribution in [0, 0.1) is 0 Å². The number of hydrogen-bond acceptors (Lipinski definition) is 7. The van der Waals surface area contributed by atoms with E-state index >= 15 is 0 Å². The lowest BCUT2D eigenvalue weighted by molar-refractivity contribution is -0.123. The summed E-state index contributed by atoms with van der Waals surface area (Å²) < 4.78 is 31.9. The third-order valence-electron chi connectivity index (χ3n) is 7.03. The lowest BCUT2D eigenvalue weighted by Crippen LogP contribution is -2.55. The summed E-state index contributed by atoms with van der Waals surface area (Å²) in [6.45, 7) is 2.16. The number of nitrogens with one attached hydrogen (secondary N) is 1. The van der Waals surface area contributed by atoms with Gasteiger partial charge in [-0.25, -0.2) is 8.42 Å². The minimum atomic E-state index is -3.92. The normalized spacial score (nSPS) is 16.1. The van der Waals surface area contributed by atoms with Crippen LogP contribution in [0.5, 0.6) is 0 Å². The maximum Gasteiger partial charge on any atom is 0.254 e. The molecule has 1 saturated heterocycles. The molecule has 5 N–H and O–H groups in total. The summed E-state index contributed by atoms with van der Waals surface area (Å²) in [6.07, 6.45) is 1.05. The molecule has 2 unspecified atom stereocenters. The van der Waals surface area contributed by atoms with Gasteiger partial charge in [0.25, 0.3) is 5.91 Å². The second kappa shape index (κ2) is 13.7. The van der Waals surface area contributed by atoms with Crippen molar-refractivity contribution in [1.82, 2.24) is 10.2 Å². The van der Waals surface area contributed by atoms with Crippen LogP contribution in [-0.4, -0.2) is 68.9 Å². The summed E-state index contributed by atoms with van der Waals surface area (Å²) in [5, 5.41) is 1.45. The fourth-order valence-corrected chi connectivity index (χ4v) is 6.13. The van der Waals surface area contributed by atoms with Crippen LogP contribution >= 0.6 is 0 Å². The molecule has 1 aliphatic heterocycles. The van der Waals surface area contributed by atoms with Gasteiger partial charge in [-0.3, -0.25) is 9.59 Å². The van der Waals surface area contributed by atoms with Gasteiger partial charge in [-0.05, 0) is 54.7 Å². The van der Waals surface area contributed by atoms with Crippen molar-refractivity contribution < 1.29 is 22.7 Å². The van der Waals surface area contributed by atoms with Crippen LogP contribution in [0.15, 0.2) is 89.8 Å². The Balaban J connectivity index is 1.43. The van der Waals surface area contributed by atoms with Crippen LogP contribution in [0.1, 0.15) is 27.9 Å². The van der Waals surface area contributed by atoms with Crippen molar-refractivity contribution in [3.05, 3.63) is 102 Å². The predicted molar refractivity (Wildman–Crippen MR) is 153 cm³/mol. The average Bonchev–Trinajstić information content (AvgIpc) is 3.00. The fraction of sp³-hybridized carbons (Fsp3) is 0.333. The van der Waals surface area contributed by atoms with E-state index in [0.29, 0.717) is 44.7 Å². The molecule has 2 amide bonds. The summed E-state index contributed by atoms with van der Waals surface area (Å²) in [4.78, 5) is 27.7. The van der Waals surface area contributed by atoms with E-state index in [1.807, 2.05) is 30.3 Å². The fourth-order valence-electron chi connectivity index (χ4n) is 4.64. The second-order valence-electron chi connectivity index (χ2n) is 9.87.